The lowest BCUT2D eigenvalue weighted by Gasteiger charge is -2.35. The zero-order valence-electron chi connectivity index (χ0n) is 14.1. The van der Waals surface area contributed by atoms with Crippen molar-refractivity contribution in [2.75, 3.05) is 13.7 Å². The van der Waals surface area contributed by atoms with Crippen molar-refractivity contribution in [3.63, 3.8) is 0 Å². The molecule has 0 bridgehead atoms. The molecular formula is C18H17N3O3S2. The number of methoxy groups -OCH3 is 1. The van der Waals surface area contributed by atoms with Gasteiger partial charge in [-0.05, 0) is 41.8 Å². The van der Waals surface area contributed by atoms with E-state index < -0.39 is 16.1 Å². The van der Waals surface area contributed by atoms with Gasteiger partial charge in [-0.2, -0.15) is 13.1 Å². The van der Waals surface area contributed by atoms with Crippen molar-refractivity contribution in [2.45, 2.75) is 17.4 Å². The van der Waals surface area contributed by atoms with Crippen LogP contribution in [0.1, 0.15) is 22.9 Å². The molecule has 0 spiro atoms. The fraction of sp³-hybridized carbons (Fsp3) is 0.222. The van der Waals surface area contributed by atoms with Crippen LogP contribution in [0.25, 0.3) is 0 Å². The van der Waals surface area contributed by atoms with Gasteiger partial charge in [0.15, 0.2) is 0 Å². The molecule has 2 heterocycles. The number of hydrogen-bond acceptors (Lipinski definition) is 6. The Balaban J connectivity index is 1.81. The molecule has 3 aromatic rings. The highest BCUT2D eigenvalue weighted by Gasteiger charge is 2.38. The van der Waals surface area contributed by atoms with E-state index in [1.807, 2.05) is 24.3 Å². The Morgan fingerprint density at radius 2 is 1.92 bits per heavy atom. The van der Waals surface area contributed by atoms with Crippen LogP contribution in [0.15, 0.2) is 59.6 Å². The maximum Gasteiger partial charge on any atom is 0.244 e. The predicted octanol–water partition coefficient (Wildman–Crippen LogP) is 2.88. The zero-order chi connectivity index (χ0) is 18.1. The van der Waals surface area contributed by atoms with Crippen molar-refractivity contribution in [3.8, 4) is 5.75 Å². The summed E-state index contributed by atoms with van der Waals surface area (Å²) in [5, 5.41) is 0. The fourth-order valence-electron chi connectivity index (χ4n) is 3.28. The minimum Gasteiger partial charge on any atom is -0.497 e. The monoisotopic (exact) mass is 387 g/mol. The molecule has 26 heavy (non-hydrogen) atoms. The van der Waals surface area contributed by atoms with Gasteiger partial charge in [0.1, 0.15) is 5.75 Å². The van der Waals surface area contributed by atoms with Crippen molar-refractivity contribution < 1.29 is 13.2 Å². The van der Waals surface area contributed by atoms with E-state index in [1.54, 1.807) is 37.6 Å². The number of rotatable bonds is 4. The van der Waals surface area contributed by atoms with Crippen LogP contribution in [0.5, 0.6) is 5.75 Å². The molecule has 1 aromatic heterocycles. The molecule has 0 saturated heterocycles. The van der Waals surface area contributed by atoms with Crippen molar-refractivity contribution in [3.05, 3.63) is 71.5 Å². The van der Waals surface area contributed by atoms with Crippen molar-refractivity contribution in [1.29, 1.82) is 0 Å². The average Bonchev–Trinajstić information content (AvgIpc) is 3.21. The Morgan fingerprint density at radius 3 is 2.62 bits per heavy atom. The van der Waals surface area contributed by atoms with E-state index in [4.69, 9.17) is 4.74 Å². The maximum absolute atomic E-state index is 13.3. The Hall–Kier alpha value is -2.29. The van der Waals surface area contributed by atoms with Gasteiger partial charge >= 0.3 is 0 Å². The first-order valence-electron chi connectivity index (χ1n) is 8.12. The molecule has 1 aliphatic rings. The Labute approximate surface area is 156 Å². The summed E-state index contributed by atoms with van der Waals surface area (Å²) >= 11 is 1.08. The highest BCUT2D eigenvalue weighted by molar-refractivity contribution is 7.89. The van der Waals surface area contributed by atoms with Crippen molar-refractivity contribution in [1.82, 2.24) is 13.1 Å². The summed E-state index contributed by atoms with van der Waals surface area (Å²) in [7, 11) is -2.14. The third-order valence-corrected chi connectivity index (χ3v) is 6.93. The van der Waals surface area contributed by atoms with E-state index >= 15 is 0 Å². The number of aromatic nitrogens is 2. The van der Waals surface area contributed by atoms with E-state index in [-0.39, 0.29) is 4.90 Å². The SMILES string of the molecule is COc1ccc(S(=O)(=O)N2CCc3ccccc3C2c2cnsn2)cc1. The van der Waals surface area contributed by atoms with E-state index in [0.29, 0.717) is 24.4 Å². The Bertz CT molecular complexity index is 1000. The third kappa shape index (κ3) is 2.90. The molecule has 0 fully saturated rings. The lowest BCUT2D eigenvalue weighted by atomic mass is 9.93. The van der Waals surface area contributed by atoms with Crippen molar-refractivity contribution in [2.24, 2.45) is 0 Å². The molecular weight excluding hydrogens is 370 g/mol. The normalized spacial score (nSPS) is 17.7. The van der Waals surface area contributed by atoms with Gasteiger partial charge in [-0.1, -0.05) is 24.3 Å². The molecule has 0 aliphatic carbocycles. The smallest absolute Gasteiger partial charge is 0.244 e. The summed E-state index contributed by atoms with van der Waals surface area (Å²) < 4.78 is 41.7. The highest BCUT2D eigenvalue weighted by atomic mass is 32.2. The number of fused-ring (bicyclic) bond motifs is 1. The summed E-state index contributed by atoms with van der Waals surface area (Å²) in [6.45, 7) is 0.396. The highest BCUT2D eigenvalue weighted by Crippen LogP contribution is 2.38. The second kappa shape index (κ2) is 6.79. The maximum atomic E-state index is 13.3. The quantitative estimate of drug-likeness (QED) is 0.688. The van der Waals surface area contributed by atoms with E-state index in [1.165, 1.54) is 4.31 Å². The predicted molar refractivity (Wildman–Crippen MR) is 98.8 cm³/mol. The molecule has 1 atom stereocenters. The Morgan fingerprint density at radius 1 is 1.15 bits per heavy atom. The van der Waals surface area contributed by atoms with Gasteiger partial charge in [0.2, 0.25) is 10.0 Å². The summed E-state index contributed by atoms with van der Waals surface area (Å²) in [4.78, 5) is 0.242. The number of benzene rings is 2. The summed E-state index contributed by atoms with van der Waals surface area (Å²) in [5.41, 5.74) is 2.76. The molecule has 0 radical (unpaired) electrons. The molecule has 4 rings (SSSR count). The second-order valence-electron chi connectivity index (χ2n) is 5.97. The summed E-state index contributed by atoms with van der Waals surface area (Å²) in [5.74, 6) is 0.619. The van der Waals surface area contributed by atoms with Crippen LogP contribution in [0.4, 0.5) is 0 Å². The zero-order valence-corrected chi connectivity index (χ0v) is 15.7. The molecule has 2 aromatic carbocycles. The van der Waals surface area contributed by atoms with Gasteiger partial charge in [-0.3, -0.25) is 0 Å². The minimum atomic E-state index is -3.69. The average molecular weight is 387 g/mol. The van der Waals surface area contributed by atoms with Crippen LogP contribution < -0.4 is 4.74 Å². The minimum absolute atomic E-state index is 0.242. The lowest BCUT2D eigenvalue weighted by molar-refractivity contribution is 0.340. The van der Waals surface area contributed by atoms with Gasteiger partial charge in [0, 0.05) is 6.54 Å². The Kier molecular flexibility index (Phi) is 4.47. The largest absolute Gasteiger partial charge is 0.497 e. The van der Waals surface area contributed by atoms with Crippen LogP contribution in [-0.4, -0.2) is 35.1 Å². The molecule has 1 unspecified atom stereocenters. The molecule has 1 aliphatic heterocycles. The van der Waals surface area contributed by atoms with Gasteiger partial charge in [-0.25, -0.2) is 8.42 Å². The van der Waals surface area contributed by atoms with Gasteiger partial charge < -0.3 is 4.74 Å². The standard InChI is InChI=1S/C18H17N3O3S2/c1-24-14-6-8-15(9-7-14)26(22,23)21-11-10-13-4-2-3-5-16(13)18(21)17-12-19-25-20-17/h2-9,12,18H,10-11H2,1H3. The van der Waals surface area contributed by atoms with Crippen LogP contribution in [-0.2, 0) is 16.4 Å². The molecule has 0 N–H and O–H groups in total. The third-order valence-electron chi connectivity index (χ3n) is 4.56. The van der Waals surface area contributed by atoms with E-state index in [0.717, 1.165) is 22.9 Å². The van der Waals surface area contributed by atoms with Crippen LogP contribution in [0.3, 0.4) is 0 Å². The van der Waals surface area contributed by atoms with Crippen LogP contribution in [0, 0.1) is 0 Å². The first-order chi connectivity index (χ1) is 12.6. The van der Waals surface area contributed by atoms with Gasteiger partial charge in [-0.15, -0.1) is 0 Å². The topological polar surface area (TPSA) is 72.4 Å². The van der Waals surface area contributed by atoms with Crippen LogP contribution >= 0.6 is 11.7 Å². The number of nitrogens with zero attached hydrogens (tertiary/aromatic N) is 3. The first-order valence-corrected chi connectivity index (χ1v) is 10.3. The van der Waals surface area contributed by atoms with Gasteiger partial charge in [0.05, 0.1) is 41.7 Å². The van der Waals surface area contributed by atoms with Crippen molar-refractivity contribution >= 4 is 21.8 Å². The molecule has 0 amide bonds. The number of ether oxygens (including phenoxy) is 1. The first kappa shape index (κ1) is 17.1. The van der Waals surface area contributed by atoms with E-state index in [9.17, 15) is 8.42 Å². The van der Waals surface area contributed by atoms with Crippen LogP contribution in [0.2, 0.25) is 0 Å². The van der Waals surface area contributed by atoms with Gasteiger partial charge in [0.25, 0.3) is 0 Å². The lowest BCUT2D eigenvalue weighted by Crippen LogP contribution is -2.40. The summed E-state index contributed by atoms with van der Waals surface area (Å²) in [6, 6.07) is 13.9. The molecule has 8 heteroatoms. The number of hydrogen-bond donors (Lipinski definition) is 0. The molecule has 0 saturated carbocycles. The second-order valence-corrected chi connectivity index (χ2v) is 8.42. The fourth-order valence-corrected chi connectivity index (χ4v) is 5.31. The summed E-state index contributed by atoms with van der Waals surface area (Å²) in [6.07, 6.45) is 2.31. The molecule has 6 nitrogen and oxygen atoms in total. The number of sulfonamides is 1. The molecule has 134 valence electrons. The van der Waals surface area contributed by atoms with E-state index in [2.05, 4.69) is 8.75 Å².